The largest absolute Gasteiger partial charge is 0.497 e. The Morgan fingerprint density at radius 1 is 0.889 bits per heavy atom. The van der Waals surface area contributed by atoms with Crippen LogP contribution in [0.2, 0.25) is 0 Å². The van der Waals surface area contributed by atoms with Crippen molar-refractivity contribution in [2.45, 2.75) is 13.8 Å². The maximum absolute atomic E-state index is 5.29. The van der Waals surface area contributed by atoms with E-state index in [1.54, 1.807) is 7.11 Å². The van der Waals surface area contributed by atoms with Crippen LogP contribution in [0.15, 0.2) is 36.4 Å². The van der Waals surface area contributed by atoms with Gasteiger partial charge < -0.3 is 4.74 Å². The van der Waals surface area contributed by atoms with Crippen LogP contribution in [0.5, 0.6) is 5.75 Å². The zero-order chi connectivity index (χ0) is 12.7. The Balaban J connectivity index is 2.48. The number of nitrogens with zero attached hydrogens (tertiary/aromatic N) is 1. The number of methoxy groups -OCH3 is 1. The van der Waals surface area contributed by atoms with Crippen LogP contribution in [-0.2, 0) is 0 Å². The predicted octanol–water partition coefficient (Wildman–Crippen LogP) is 4.01. The minimum Gasteiger partial charge on any atom is -0.497 e. The molecule has 0 spiro atoms. The molecule has 90 valence electrons. The monoisotopic (exact) mass is 237 g/mol. The van der Waals surface area contributed by atoms with Crippen LogP contribution in [0.4, 0.5) is 0 Å². The van der Waals surface area contributed by atoms with Crippen LogP contribution in [0.25, 0.3) is 21.7 Å². The molecule has 0 bridgehead atoms. The molecular formula is C16H15NO. The van der Waals surface area contributed by atoms with E-state index in [4.69, 9.17) is 4.74 Å². The number of ether oxygens (including phenoxy) is 1. The second kappa shape index (κ2) is 3.98. The van der Waals surface area contributed by atoms with Crippen LogP contribution < -0.4 is 4.74 Å². The van der Waals surface area contributed by atoms with E-state index < -0.39 is 0 Å². The SMILES string of the molecule is COc1ccc2c(c1)c(C)nc1ccc(C)cc12. The van der Waals surface area contributed by atoms with E-state index in [2.05, 4.69) is 42.2 Å². The van der Waals surface area contributed by atoms with Gasteiger partial charge in [-0.05, 0) is 49.6 Å². The molecule has 0 saturated heterocycles. The summed E-state index contributed by atoms with van der Waals surface area (Å²) in [5.74, 6) is 0.874. The van der Waals surface area contributed by atoms with Crippen molar-refractivity contribution in [3.05, 3.63) is 47.7 Å². The normalized spacial score (nSPS) is 11.1. The van der Waals surface area contributed by atoms with Crippen molar-refractivity contribution in [3.63, 3.8) is 0 Å². The number of hydrogen-bond acceptors (Lipinski definition) is 2. The van der Waals surface area contributed by atoms with Gasteiger partial charge in [0.2, 0.25) is 0 Å². The fourth-order valence-corrected chi connectivity index (χ4v) is 2.39. The first kappa shape index (κ1) is 11.0. The molecule has 0 aliphatic rings. The number of benzene rings is 2. The molecular weight excluding hydrogens is 222 g/mol. The molecule has 0 amide bonds. The van der Waals surface area contributed by atoms with Crippen LogP contribution >= 0.6 is 0 Å². The first-order valence-corrected chi connectivity index (χ1v) is 6.04. The van der Waals surface area contributed by atoms with E-state index in [1.807, 2.05) is 13.0 Å². The average molecular weight is 237 g/mol. The molecule has 0 atom stereocenters. The average Bonchev–Trinajstić information content (AvgIpc) is 2.39. The van der Waals surface area contributed by atoms with Crippen molar-refractivity contribution in [3.8, 4) is 5.75 Å². The molecule has 3 rings (SSSR count). The summed E-state index contributed by atoms with van der Waals surface area (Å²) in [6.45, 7) is 4.15. The third-order valence-electron chi connectivity index (χ3n) is 3.35. The fourth-order valence-electron chi connectivity index (χ4n) is 2.39. The summed E-state index contributed by atoms with van der Waals surface area (Å²) in [5, 5.41) is 3.60. The summed E-state index contributed by atoms with van der Waals surface area (Å²) in [5.41, 5.74) is 3.35. The molecule has 2 nitrogen and oxygen atoms in total. The van der Waals surface area contributed by atoms with Crippen LogP contribution in [-0.4, -0.2) is 12.1 Å². The number of aromatic nitrogens is 1. The second-order valence-corrected chi connectivity index (χ2v) is 4.63. The second-order valence-electron chi connectivity index (χ2n) is 4.63. The number of hydrogen-bond donors (Lipinski definition) is 0. The van der Waals surface area contributed by atoms with Crippen molar-refractivity contribution < 1.29 is 4.74 Å². The van der Waals surface area contributed by atoms with E-state index in [-0.39, 0.29) is 0 Å². The van der Waals surface area contributed by atoms with Crippen LogP contribution in [0, 0.1) is 13.8 Å². The van der Waals surface area contributed by atoms with Crippen molar-refractivity contribution in [2.24, 2.45) is 0 Å². The Morgan fingerprint density at radius 2 is 1.72 bits per heavy atom. The van der Waals surface area contributed by atoms with Gasteiger partial charge in [0.25, 0.3) is 0 Å². The third-order valence-corrected chi connectivity index (χ3v) is 3.35. The van der Waals surface area contributed by atoms with Gasteiger partial charge >= 0.3 is 0 Å². The van der Waals surface area contributed by atoms with Crippen LogP contribution in [0.1, 0.15) is 11.3 Å². The highest BCUT2D eigenvalue weighted by Crippen LogP contribution is 2.29. The van der Waals surface area contributed by atoms with E-state index in [0.717, 1.165) is 22.3 Å². The van der Waals surface area contributed by atoms with Gasteiger partial charge in [-0.1, -0.05) is 11.6 Å². The number of pyridine rings is 1. The van der Waals surface area contributed by atoms with Gasteiger partial charge in [0.15, 0.2) is 0 Å². The quantitative estimate of drug-likeness (QED) is 0.596. The number of aryl methyl sites for hydroxylation is 2. The lowest BCUT2D eigenvalue weighted by molar-refractivity contribution is 0.415. The van der Waals surface area contributed by atoms with Crippen LogP contribution in [0.3, 0.4) is 0 Å². The Labute approximate surface area is 106 Å². The molecule has 0 N–H and O–H groups in total. The maximum atomic E-state index is 5.29. The molecule has 0 radical (unpaired) electrons. The van der Waals surface area contributed by atoms with Gasteiger partial charge in [0.05, 0.1) is 12.6 Å². The van der Waals surface area contributed by atoms with Crippen molar-refractivity contribution >= 4 is 21.7 Å². The van der Waals surface area contributed by atoms with Gasteiger partial charge in [-0.3, -0.25) is 4.98 Å². The van der Waals surface area contributed by atoms with Gasteiger partial charge in [0.1, 0.15) is 5.75 Å². The number of fused-ring (bicyclic) bond motifs is 3. The highest BCUT2D eigenvalue weighted by Gasteiger charge is 2.06. The molecule has 2 aromatic carbocycles. The highest BCUT2D eigenvalue weighted by atomic mass is 16.5. The van der Waals surface area contributed by atoms with Crippen molar-refractivity contribution in [1.29, 1.82) is 0 Å². The lowest BCUT2D eigenvalue weighted by Crippen LogP contribution is -1.90. The first-order valence-electron chi connectivity index (χ1n) is 6.04. The third kappa shape index (κ3) is 1.61. The van der Waals surface area contributed by atoms with Crippen molar-refractivity contribution in [1.82, 2.24) is 4.98 Å². The van der Waals surface area contributed by atoms with Gasteiger partial charge in [-0.2, -0.15) is 0 Å². The van der Waals surface area contributed by atoms with E-state index >= 15 is 0 Å². The maximum Gasteiger partial charge on any atom is 0.119 e. The molecule has 0 aliphatic carbocycles. The van der Waals surface area contributed by atoms with Gasteiger partial charge in [-0.25, -0.2) is 0 Å². The molecule has 1 heterocycles. The Kier molecular flexibility index (Phi) is 2.44. The fraction of sp³-hybridized carbons (Fsp3) is 0.188. The molecule has 3 aromatic rings. The molecule has 18 heavy (non-hydrogen) atoms. The summed E-state index contributed by atoms with van der Waals surface area (Å²) in [7, 11) is 1.69. The Hall–Kier alpha value is -2.09. The zero-order valence-corrected chi connectivity index (χ0v) is 10.8. The topological polar surface area (TPSA) is 22.1 Å². The molecule has 2 heteroatoms. The summed E-state index contributed by atoms with van der Waals surface area (Å²) in [4.78, 5) is 4.66. The molecule has 0 saturated carbocycles. The standard InChI is InChI=1S/C16H15NO/c1-10-4-7-16-15(8-10)13-6-5-12(18-3)9-14(13)11(2)17-16/h4-9H,1-3H3. The smallest absolute Gasteiger partial charge is 0.119 e. The lowest BCUT2D eigenvalue weighted by atomic mass is 10.0. The van der Waals surface area contributed by atoms with Crippen molar-refractivity contribution in [2.75, 3.05) is 7.11 Å². The molecule has 0 fully saturated rings. The predicted molar refractivity (Wildman–Crippen MR) is 75.3 cm³/mol. The summed E-state index contributed by atoms with van der Waals surface area (Å²) in [6, 6.07) is 12.6. The zero-order valence-electron chi connectivity index (χ0n) is 10.8. The highest BCUT2D eigenvalue weighted by molar-refractivity contribution is 6.07. The van der Waals surface area contributed by atoms with E-state index in [0.29, 0.717) is 0 Å². The molecule has 0 unspecified atom stereocenters. The summed E-state index contributed by atoms with van der Waals surface area (Å²) in [6.07, 6.45) is 0. The molecule has 1 aromatic heterocycles. The van der Waals surface area contributed by atoms with Gasteiger partial charge in [-0.15, -0.1) is 0 Å². The minimum atomic E-state index is 0.874. The van der Waals surface area contributed by atoms with E-state index in [9.17, 15) is 0 Å². The summed E-state index contributed by atoms with van der Waals surface area (Å²) >= 11 is 0. The Bertz CT molecular complexity index is 747. The van der Waals surface area contributed by atoms with E-state index in [1.165, 1.54) is 16.3 Å². The Morgan fingerprint density at radius 3 is 2.50 bits per heavy atom. The summed E-state index contributed by atoms with van der Waals surface area (Å²) < 4.78 is 5.29. The lowest BCUT2D eigenvalue weighted by Gasteiger charge is -2.09. The number of rotatable bonds is 1. The minimum absolute atomic E-state index is 0.874. The molecule has 0 aliphatic heterocycles. The first-order chi connectivity index (χ1) is 8.69. The van der Waals surface area contributed by atoms with Gasteiger partial charge in [0, 0.05) is 16.5 Å².